The van der Waals surface area contributed by atoms with Crippen LogP contribution < -0.4 is 10.6 Å². The van der Waals surface area contributed by atoms with Crippen molar-refractivity contribution in [1.29, 1.82) is 0 Å². The number of carboxylic acids is 1. The van der Waals surface area contributed by atoms with E-state index in [2.05, 4.69) is 10.6 Å². The molecule has 0 aromatic heterocycles. The Kier molecular flexibility index (Phi) is 5.05. The second-order valence-electron chi connectivity index (χ2n) is 3.78. The number of carbonyl (C=O) groups excluding carboxylic acids is 1. The summed E-state index contributed by atoms with van der Waals surface area (Å²) in [4.78, 5) is 22.1. The minimum Gasteiger partial charge on any atom is -0.481 e. The first-order valence-corrected chi connectivity index (χ1v) is 5.98. The standard InChI is InChI=1S/C8H11Cl3N2O5/c9-8(10,11)7(18)13-5-4(15)3(14)2(1-12-5)6(16)17/h2-5,12,14-15H,1H2,(H,13,18)(H,16,17)/t2-,3+,4+,5-/m0/s1. The van der Waals surface area contributed by atoms with Crippen molar-refractivity contribution in [1.82, 2.24) is 10.6 Å². The number of rotatable bonds is 2. The smallest absolute Gasteiger partial charge is 0.310 e. The summed E-state index contributed by atoms with van der Waals surface area (Å²) in [6.07, 6.45) is -4.17. The lowest BCUT2D eigenvalue weighted by atomic mass is 9.92. The minimum atomic E-state index is -2.21. The third kappa shape index (κ3) is 3.59. The van der Waals surface area contributed by atoms with Crippen LogP contribution in [0.5, 0.6) is 0 Å². The van der Waals surface area contributed by atoms with Crippen molar-refractivity contribution in [3.63, 3.8) is 0 Å². The van der Waals surface area contributed by atoms with Crippen LogP contribution in [0.2, 0.25) is 0 Å². The zero-order chi connectivity index (χ0) is 14.1. The van der Waals surface area contributed by atoms with E-state index in [4.69, 9.17) is 39.9 Å². The van der Waals surface area contributed by atoms with Gasteiger partial charge in [-0.15, -0.1) is 0 Å². The number of carboxylic acid groups (broad SMARTS) is 1. The molecule has 0 unspecified atom stereocenters. The molecular weight excluding hydrogens is 310 g/mol. The lowest BCUT2D eigenvalue weighted by Crippen LogP contribution is -2.65. The van der Waals surface area contributed by atoms with Crippen LogP contribution in [0, 0.1) is 5.92 Å². The molecule has 0 saturated carbocycles. The molecule has 1 fully saturated rings. The van der Waals surface area contributed by atoms with Gasteiger partial charge in [0.15, 0.2) is 0 Å². The molecule has 1 aliphatic heterocycles. The summed E-state index contributed by atoms with van der Waals surface area (Å²) in [5, 5.41) is 32.7. The normalized spacial score (nSPS) is 32.9. The second-order valence-corrected chi connectivity index (χ2v) is 6.06. The van der Waals surface area contributed by atoms with E-state index in [1.54, 1.807) is 0 Å². The molecule has 1 heterocycles. The van der Waals surface area contributed by atoms with Crippen molar-refractivity contribution in [3.05, 3.63) is 0 Å². The number of halogens is 3. The van der Waals surface area contributed by atoms with E-state index in [0.29, 0.717) is 0 Å². The molecule has 0 spiro atoms. The maximum absolute atomic E-state index is 11.3. The van der Waals surface area contributed by atoms with Gasteiger partial charge in [-0.2, -0.15) is 0 Å². The summed E-state index contributed by atoms with van der Waals surface area (Å²) in [7, 11) is 0. The van der Waals surface area contributed by atoms with E-state index in [-0.39, 0.29) is 6.54 Å². The van der Waals surface area contributed by atoms with Gasteiger partial charge in [0.2, 0.25) is 0 Å². The van der Waals surface area contributed by atoms with Gasteiger partial charge in [0.1, 0.15) is 12.3 Å². The minimum absolute atomic E-state index is 0.141. The molecule has 1 rings (SSSR count). The third-order valence-corrected chi connectivity index (χ3v) is 3.04. The molecule has 1 saturated heterocycles. The van der Waals surface area contributed by atoms with Crippen LogP contribution in [-0.4, -0.2) is 55.9 Å². The molecule has 0 aliphatic carbocycles. The van der Waals surface area contributed by atoms with Crippen molar-refractivity contribution in [2.75, 3.05) is 6.54 Å². The van der Waals surface area contributed by atoms with Crippen molar-refractivity contribution >= 4 is 46.7 Å². The molecule has 5 N–H and O–H groups in total. The van der Waals surface area contributed by atoms with Gasteiger partial charge in [-0.25, -0.2) is 0 Å². The molecule has 10 heteroatoms. The van der Waals surface area contributed by atoms with Gasteiger partial charge in [-0.05, 0) is 0 Å². The van der Waals surface area contributed by atoms with Crippen molar-refractivity contribution in [3.8, 4) is 0 Å². The first-order valence-electron chi connectivity index (χ1n) is 4.84. The summed E-state index contributed by atoms with van der Waals surface area (Å²) in [5.74, 6) is -3.44. The van der Waals surface area contributed by atoms with Crippen LogP contribution in [-0.2, 0) is 9.59 Å². The monoisotopic (exact) mass is 320 g/mol. The summed E-state index contributed by atoms with van der Waals surface area (Å²) in [6.45, 7) is -0.141. The first kappa shape index (κ1) is 15.7. The predicted molar refractivity (Wildman–Crippen MR) is 63.4 cm³/mol. The van der Waals surface area contributed by atoms with Gasteiger partial charge < -0.3 is 20.6 Å². The molecule has 0 radical (unpaired) electrons. The van der Waals surface area contributed by atoms with Crippen LogP contribution in [0.25, 0.3) is 0 Å². The number of nitrogens with one attached hydrogen (secondary N) is 2. The Balaban J connectivity index is 2.67. The molecule has 1 amide bonds. The molecule has 7 nitrogen and oxygen atoms in total. The molecule has 1 aliphatic rings. The predicted octanol–water partition coefficient (Wildman–Crippen LogP) is -1.18. The highest BCUT2D eigenvalue weighted by atomic mass is 35.6. The number of carbonyl (C=O) groups is 2. The third-order valence-electron chi connectivity index (χ3n) is 2.52. The fourth-order valence-corrected chi connectivity index (χ4v) is 1.69. The molecule has 4 atom stereocenters. The van der Waals surface area contributed by atoms with Gasteiger partial charge in [-0.1, -0.05) is 34.8 Å². The topological polar surface area (TPSA) is 119 Å². The molecule has 104 valence electrons. The van der Waals surface area contributed by atoms with Gasteiger partial charge in [0.05, 0.1) is 12.0 Å². The van der Waals surface area contributed by atoms with E-state index < -0.39 is 40.0 Å². The highest BCUT2D eigenvalue weighted by Crippen LogP contribution is 2.26. The summed E-state index contributed by atoms with van der Waals surface area (Å²) in [5.41, 5.74) is 0. The number of alkyl halides is 3. The van der Waals surface area contributed by atoms with Crippen LogP contribution in [0.1, 0.15) is 0 Å². The van der Waals surface area contributed by atoms with Crippen molar-refractivity contribution in [2.24, 2.45) is 5.92 Å². The lowest BCUT2D eigenvalue weighted by molar-refractivity contribution is -0.154. The number of amides is 1. The maximum atomic E-state index is 11.3. The maximum Gasteiger partial charge on any atom is 0.310 e. The van der Waals surface area contributed by atoms with Crippen LogP contribution >= 0.6 is 34.8 Å². The van der Waals surface area contributed by atoms with Crippen molar-refractivity contribution < 1.29 is 24.9 Å². The molecular formula is C8H11Cl3N2O5. The average Bonchev–Trinajstić information content (AvgIpc) is 2.22. The Morgan fingerprint density at radius 3 is 2.22 bits per heavy atom. The molecule has 18 heavy (non-hydrogen) atoms. The molecule has 0 bridgehead atoms. The van der Waals surface area contributed by atoms with Gasteiger partial charge in [-0.3, -0.25) is 14.9 Å². The fourth-order valence-electron chi connectivity index (χ4n) is 1.52. The van der Waals surface area contributed by atoms with E-state index >= 15 is 0 Å². The Labute approximate surface area is 117 Å². The number of hydrogen-bond donors (Lipinski definition) is 5. The summed E-state index contributed by atoms with van der Waals surface area (Å²) in [6, 6.07) is 0. The highest BCUT2D eigenvalue weighted by Gasteiger charge is 2.43. The Morgan fingerprint density at radius 2 is 1.78 bits per heavy atom. The van der Waals surface area contributed by atoms with Crippen molar-refractivity contribution in [2.45, 2.75) is 22.2 Å². The Morgan fingerprint density at radius 1 is 1.22 bits per heavy atom. The zero-order valence-electron chi connectivity index (χ0n) is 8.81. The Bertz CT molecular complexity index is 348. The summed E-state index contributed by atoms with van der Waals surface area (Å²) < 4.78 is -2.21. The van der Waals surface area contributed by atoms with Crippen LogP contribution in [0.3, 0.4) is 0 Å². The zero-order valence-corrected chi connectivity index (χ0v) is 11.1. The van der Waals surface area contributed by atoms with Gasteiger partial charge >= 0.3 is 5.97 Å². The highest BCUT2D eigenvalue weighted by molar-refractivity contribution is 6.76. The Hall–Kier alpha value is -0.310. The number of aliphatic carboxylic acids is 1. The number of aliphatic hydroxyl groups excluding tert-OH is 2. The second kappa shape index (κ2) is 5.77. The van der Waals surface area contributed by atoms with E-state index in [1.807, 2.05) is 0 Å². The van der Waals surface area contributed by atoms with E-state index in [9.17, 15) is 19.8 Å². The SMILES string of the molecule is O=C(O)[C@H]1CN[C@@H](NC(=O)C(Cl)(Cl)Cl)[C@H](O)[C@@H]1O. The average molecular weight is 322 g/mol. The van der Waals surface area contributed by atoms with Gasteiger partial charge in [0, 0.05) is 6.54 Å². The first-order chi connectivity index (χ1) is 8.14. The lowest BCUT2D eigenvalue weighted by Gasteiger charge is -2.37. The summed E-state index contributed by atoms with van der Waals surface area (Å²) >= 11 is 16.0. The fraction of sp³-hybridized carbons (Fsp3) is 0.750. The van der Waals surface area contributed by atoms with Crippen LogP contribution in [0.15, 0.2) is 0 Å². The van der Waals surface area contributed by atoms with Gasteiger partial charge in [0.25, 0.3) is 9.70 Å². The number of aliphatic hydroxyl groups is 2. The number of hydrogen-bond acceptors (Lipinski definition) is 5. The van der Waals surface area contributed by atoms with E-state index in [0.717, 1.165) is 0 Å². The van der Waals surface area contributed by atoms with Crippen LogP contribution in [0.4, 0.5) is 0 Å². The molecule has 0 aromatic rings. The largest absolute Gasteiger partial charge is 0.481 e. The quantitative estimate of drug-likeness (QED) is 0.409. The van der Waals surface area contributed by atoms with E-state index in [1.165, 1.54) is 0 Å². The number of piperidine rings is 1. The molecule has 0 aromatic carbocycles.